The van der Waals surface area contributed by atoms with Crippen molar-refractivity contribution in [2.45, 2.75) is 69.6 Å². The molecule has 2 atom stereocenters. The Bertz CT molecular complexity index is 2300. The predicted molar refractivity (Wildman–Crippen MR) is 206 cm³/mol. The number of hydrogen-bond acceptors (Lipinski definition) is 9. The second-order valence-corrected chi connectivity index (χ2v) is 15.8. The Labute approximate surface area is 327 Å². The molecule has 9 rings (SSSR count). The van der Waals surface area contributed by atoms with Crippen LogP contribution in [0.1, 0.15) is 77.6 Å². The van der Waals surface area contributed by atoms with E-state index in [-0.39, 0.29) is 54.3 Å². The Hall–Kier alpha value is -5.18. The van der Waals surface area contributed by atoms with Gasteiger partial charge in [-0.3, -0.25) is 39.1 Å². The molecular formula is C41H41ClFN7O6. The number of hydrogen-bond donors (Lipinski definition) is 2. The number of piperazine rings is 1. The van der Waals surface area contributed by atoms with E-state index in [1.165, 1.54) is 11.6 Å². The summed E-state index contributed by atoms with van der Waals surface area (Å²) in [5.74, 6) is -2.67. The second-order valence-electron chi connectivity index (χ2n) is 15.5. The van der Waals surface area contributed by atoms with Gasteiger partial charge in [-0.2, -0.15) is 0 Å². The van der Waals surface area contributed by atoms with Gasteiger partial charge in [0.1, 0.15) is 17.5 Å². The van der Waals surface area contributed by atoms with Crippen molar-refractivity contribution < 1.29 is 33.1 Å². The number of anilines is 2. The summed E-state index contributed by atoms with van der Waals surface area (Å²) in [5.41, 5.74) is 4.75. The molecule has 4 fully saturated rings. The van der Waals surface area contributed by atoms with Gasteiger partial charge in [0.2, 0.25) is 17.7 Å². The highest BCUT2D eigenvalue weighted by atomic mass is 35.5. The van der Waals surface area contributed by atoms with E-state index < -0.39 is 35.5 Å². The number of aromatic amines is 1. The Balaban J connectivity index is 0.783. The van der Waals surface area contributed by atoms with Crippen LogP contribution in [0.3, 0.4) is 0 Å². The third-order valence-electron chi connectivity index (χ3n) is 11.9. The van der Waals surface area contributed by atoms with Crippen LogP contribution >= 0.6 is 11.6 Å². The first-order valence-electron chi connectivity index (χ1n) is 19.3. The topological polar surface area (TPSA) is 148 Å². The van der Waals surface area contributed by atoms with Crippen molar-refractivity contribution in [1.29, 1.82) is 0 Å². The van der Waals surface area contributed by atoms with Crippen molar-refractivity contribution in [3.05, 3.63) is 76.3 Å². The Kier molecular flexibility index (Phi) is 9.37. The van der Waals surface area contributed by atoms with E-state index in [4.69, 9.17) is 16.3 Å². The molecule has 13 nitrogen and oxygen atoms in total. The van der Waals surface area contributed by atoms with Crippen molar-refractivity contribution in [3.8, 4) is 11.1 Å². The Morgan fingerprint density at radius 1 is 0.946 bits per heavy atom. The lowest BCUT2D eigenvalue weighted by Crippen LogP contribution is -2.54. The van der Waals surface area contributed by atoms with Gasteiger partial charge in [0.05, 0.1) is 41.1 Å². The van der Waals surface area contributed by atoms with E-state index >= 15 is 4.39 Å². The molecule has 56 heavy (non-hydrogen) atoms. The van der Waals surface area contributed by atoms with E-state index in [0.29, 0.717) is 56.6 Å². The summed E-state index contributed by atoms with van der Waals surface area (Å²) in [4.78, 5) is 78.5. The van der Waals surface area contributed by atoms with Crippen LogP contribution in [-0.4, -0.2) is 107 Å². The average Bonchev–Trinajstić information content (AvgIpc) is 3.90. The van der Waals surface area contributed by atoms with Crippen LogP contribution in [-0.2, 0) is 19.1 Å². The lowest BCUT2D eigenvalue weighted by Gasteiger charge is -2.38. The number of benzene rings is 2. The molecule has 2 N–H and O–H groups in total. The largest absolute Gasteiger partial charge is 0.376 e. The molecule has 290 valence electrons. The van der Waals surface area contributed by atoms with E-state index in [1.807, 2.05) is 40.3 Å². The molecule has 5 aliphatic rings. The molecule has 0 bridgehead atoms. The molecular weight excluding hydrogens is 741 g/mol. The third-order valence-corrected chi connectivity index (χ3v) is 12.3. The number of nitrogens with zero attached hydrogens (tertiary/aromatic N) is 5. The predicted octanol–water partition coefficient (Wildman–Crippen LogP) is 5.02. The summed E-state index contributed by atoms with van der Waals surface area (Å²) < 4.78 is 21.7. The summed E-state index contributed by atoms with van der Waals surface area (Å²) in [6.45, 7) is 4.92. The van der Waals surface area contributed by atoms with E-state index in [0.717, 1.165) is 51.7 Å². The monoisotopic (exact) mass is 781 g/mol. The highest BCUT2D eigenvalue weighted by Crippen LogP contribution is 2.46. The Morgan fingerprint density at radius 2 is 1.71 bits per heavy atom. The number of halogens is 2. The number of carbonyl (C=O) groups excluding carboxylic acids is 5. The number of pyridine rings is 1. The SMILES string of the molecule is CC(COC1CCN(c2cc3c(cc2F)C(=O)N(C2CCC(=O)NC2=O)C3=O)CC1)N1CCN(c2cccc(-c3cnc4[nH]cc(C5CC5)c4c3Cl)c2)C(=O)C1. The molecule has 5 amide bonds. The molecule has 2 aromatic heterocycles. The summed E-state index contributed by atoms with van der Waals surface area (Å²) >= 11 is 6.99. The molecule has 0 spiro atoms. The van der Waals surface area contributed by atoms with Gasteiger partial charge in [0.25, 0.3) is 11.8 Å². The first-order chi connectivity index (χ1) is 27.0. The minimum atomic E-state index is -1.11. The zero-order chi connectivity index (χ0) is 38.8. The molecule has 2 unspecified atom stereocenters. The van der Waals surface area contributed by atoms with Crippen LogP contribution in [0.2, 0.25) is 5.02 Å². The van der Waals surface area contributed by atoms with Gasteiger partial charge < -0.3 is 19.5 Å². The summed E-state index contributed by atoms with van der Waals surface area (Å²) in [5, 5.41) is 3.83. The van der Waals surface area contributed by atoms with Gasteiger partial charge in [0.15, 0.2) is 0 Å². The molecule has 4 aliphatic heterocycles. The zero-order valence-electron chi connectivity index (χ0n) is 30.9. The number of aromatic nitrogens is 2. The number of imide groups is 2. The van der Waals surface area contributed by atoms with Gasteiger partial charge >= 0.3 is 0 Å². The number of rotatable bonds is 9. The summed E-state index contributed by atoms with van der Waals surface area (Å²) in [7, 11) is 0. The first kappa shape index (κ1) is 36.5. The first-order valence-corrected chi connectivity index (χ1v) is 19.7. The van der Waals surface area contributed by atoms with Gasteiger partial charge in [-0.15, -0.1) is 0 Å². The van der Waals surface area contributed by atoms with Crippen LogP contribution in [0.25, 0.3) is 22.2 Å². The number of ether oxygens (including phenoxy) is 1. The number of piperidine rings is 2. The smallest absolute Gasteiger partial charge is 0.262 e. The van der Waals surface area contributed by atoms with Crippen molar-refractivity contribution >= 4 is 63.5 Å². The lowest BCUT2D eigenvalue weighted by atomic mass is 10.0. The van der Waals surface area contributed by atoms with Crippen LogP contribution in [0, 0.1) is 5.82 Å². The summed E-state index contributed by atoms with van der Waals surface area (Å²) in [6, 6.07) is 9.24. The molecule has 6 heterocycles. The molecule has 3 saturated heterocycles. The zero-order valence-corrected chi connectivity index (χ0v) is 31.6. The highest BCUT2D eigenvalue weighted by molar-refractivity contribution is 6.38. The number of fused-ring (bicyclic) bond motifs is 2. The second kappa shape index (κ2) is 14.4. The average molecular weight is 782 g/mol. The minimum absolute atomic E-state index is 0.00546. The maximum atomic E-state index is 15.4. The number of carbonyl (C=O) groups is 5. The van der Waals surface area contributed by atoms with Crippen molar-refractivity contribution in [1.82, 2.24) is 25.1 Å². The minimum Gasteiger partial charge on any atom is -0.376 e. The quantitative estimate of drug-likeness (QED) is 0.224. The Morgan fingerprint density at radius 3 is 2.45 bits per heavy atom. The van der Waals surface area contributed by atoms with Crippen molar-refractivity contribution in [2.75, 3.05) is 49.1 Å². The third kappa shape index (κ3) is 6.52. The fraction of sp³-hybridized carbons (Fsp3) is 0.415. The lowest BCUT2D eigenvalue weighted by molar-refractivity contribution is -0.136. The van der Waals surface area contributed by atoms with Crippen molar-refractivity contribution in [2.24, 2.45) is 0 Å². The van der Waals surface area contributed by atoms with E-state index in [1.54, 1.807) is 6.20 Å². The fourth-order valence-corrected chi connectivity index (χ4v) is 8.90. The number of H-pyrrole nitrogens is 1. The summed E-state index contributed by atoms with van der Waals surface area (Å²) in [6.07, 6.45) is 7.35. The van der Waals surface area contributed by atoms with Crippen LogP contribution in [0.5, 0.6) is 0 Å². The molecule has 1 saturated carbocycles. The van der Waals surface area contributed by atoms with Gasteiger partial charge in [0, 0.05) is 67.7 Å². The number of amides is 5. The standard InChI is InChI=1S/C41H41ClFN7O6/c1-22(48-13-14-49(35(52)20-48)25-4-2-3-24(15-25)30-19-45-38-36(37(30)42)29(18-44-38)23-5-6-23)21-56-26-9-11-47(12-10-26)33-17-28-27(16-31(33)43)40(54)50(41(28)55)32-7-8-34(51)46-39(32)53/h2-4,15-19,22-23,26,32H,5-14,20-21H2,1H3,(H,44,45)(H,46,51,53). The van der Waals surface area contributed by atoms with Crippen LogP contribution in [0.4, 0.5) is 15.8 Å². The number of nitrogens with one attached hydrogen (secondary N) is 2. The highest BCUT2D eigenvalue weighted by Gasteiger charge is 2.45. The maximum absolute atomic E-state index is 15.4. The molecule has 2 aromatic carbocycles. The fourth-order valence-electron chi connectivity index (χ4n) is 8.55. The van der Waals surface area contributed by atoms with E-state index in [9.17, 15) is 24.0 Å². The van der Waals surface area contributed by atoms with Gasteiger partial charge in [-0.1, -0.05) is 23.7 Å². The molecule has 0 radical (unpaired) electrons. The maximum Gasteiger partial charge on any atom is 0.262 e. The molecule has 1 aliphatic carbocycles. The molecule has 4 aromatic rings. The normalized spacial score (nSPS) is 21.7. The van der Waals surface area contributed by atoms with Gasteiger partial charge in [-0.25, -0.2) is 9.37 Å². The van der Waals surface area contributed by atoms with Crippen LogP contribution < -0.4 is 15.1 Å². The van der Waals surface area contributed by atoms with Crippen molar-refractivity contribution in [3.63, 3.8) is 0 Å². The van der Waals surface area contributed by atoms with Gasteiger partial charge in [-0.05, 0) is 80.3 Å². The van der Waals surface area contributed by atoms with Crippen LogP contribution in [0.15, 0.2) is 48.8 Å². The molecule has 15 heteroatoms. The van der Waals surface area contributed by atoms with E-state index in [2.05, 4.69) is 27.1 Å².